The van der Waals surface area contributed by atoms with Crippen LogP contribution in [0.3, 0.4) is 0 Å². The monoisotopic (exact) mass is 265 g/mol. The smallest absolute Gasteiger partial charge is 0.226 e. The van der Waals surface area contributed by atoms with Crippen molar-refractivity contribution in [3.05, 3.63) is 29.8 Å². The Labute approximate surface area is 113 Å². The number of hydrogen-bond donors (Lipinski definition) is 2. The zero-order chi connectivity index (χ0) is 13.0. The molecule has 1 aliphatic heterocycles. The van der Waals surface area contributed by atoms with E-state index in [1.807, 2.05) is 0 Å². The molecule has 2 rings (SSSR count). The maximum Gasteiger partial charge on any atom is 0.226 e. The van der Waals surface area contributed by atoms with Crippen LogP contribution >= 0.6 is 11.8 Å². The fourth-order valence-electron chi connectivity index (χ4n) is 2.59. The largest absolute Gasteiger partial charge is 0.369 e. The predicted octanol–water partition coefficient (Wildman–Crippen LogP) is 0.689. The number of thioether (sulfide) groups is 1. The summed E-state index contributed by atoms with van der Waals surface area (Å²) in [7, 11) is 0. The van der Waals surface area contributed by atoms with Gasteiger partial charge in [0, 0.05) is 10.5 Å². The van der Waals surface area contributed by atoms with Gasteiger partial charge in [-0.15, -0.1) is 11.8 Å². The number of nitrogens with two attached hydrogens (primary N) is 1. The highest BCUT2D eigenvalue weighted by Crippen LogP contribution is 2.14. The maximum atomic E-state index is 11.2. The van der Waals surface area contributed by atoms with E-state index in [1.165, 1.54) is 15.4 Å². The Hall–Kier alpha value is -1.00. The van der Waals surface area contributed by atoms with Gasteiger partial charge in [-0.05, 0) is 31.2 Å². The molecule has 2 atom stereocenters. The van der Waals surface area contributed by atoms with Crippen LogP contribution in [0, 0.1) is 5.92 Å². The first-order valence-corrected chi connectivity index (χ1v) is 7.67. The summed E-state index contributed by atoms with van der Waals surface area (Å²) in [4.78, 5) is 14.0. The number of carbonyl (C=O) groups excluding carboxylic acids is 1. The summed E-state index contributed by atoms with van der Waals surface area (Å²) < 4.78 is 0. The quantitative estimate of drug-likeness (QED) is 0.787. The molecule has 1 heterocycles. The summed E-state index contributed by atoms with van der Waals surface area (Å²) in [5.74, 6) is -0.0656. The van der Waals surface area contributed by atoms with Crippen molar-refractivity contribution in [1.82, 2.24) is 0 Å². The van der Waals surface area contributed by atoms with Crippen LogP contribution in [-0.4, -0.2) is 25.3 Å². The number of quaternary nitrogens is 1. The summed E-state index contributed by atoms with van der Waals surface area (Å²) in [5.41, 5.74) is 6.75. The molecule has 1 aromatic carbocycles. The fourth-order valence-corrected chi connectivity index (χ4v) is 2.99. The van der Waals surface area contributed by atoms with Crippen molar-refractivity contribution in [3.63, 3.8) is 0 Å². The standard InChI is InChI=1S/C14H20N2OS/c1-18-13-6-4-11(5-7-13)9-16-8-2-3-12(10-16)14(15)17/h4-7,12H,2-3,8-10H2,1H3,(H2,15,17)/p+1/t12-/m1/s1. The number of carbonyl (C=O) groups is 1. The molecule has 1 aromatic rings. The third-order valence-electron chi connectivity index (χ3n) is 3.63. The molecular weight excluding hydrogens is 244 g/mol. The average molecular weight is 265 g/mol. The van der Waals surface area contributed by atoms with Crippen LogP contribution in [0.15, 0.2) is 29.2 Å². The minimum atomic E-state index is -0.134. The minimum Gasteiger partial charge on any atom is -0.369 e. The summed E-state index contributed by atoms with van der Waals surface area (Å²) in [6.07, 6.45) is 4.15. The molecule has 1 aliphatic rings. The Kier molecular flexibility index (Phi) is 4.66. The van der Waals surface area contributed by atoms with E-state index in [4.69, 9.17) is 5.73 Å². The summed E-state index contributed by atoms with van der Waals surface area (Å²) in [6.45, 7) is 3.03. The molecule has 0 aliphatic carbocycles. The highest BCUT2D eigenvalue weighted by atomic mass is 32.2. The van der Waals surface area contributed by atoms with E-state index in [0.29, 0.717) is 0 Å². The van der Waals surface area contributed by atoms with Gasteiger partial charge in [-0.25, -0.2) is 0 Å². The van der Waals surface area contributed by atoms with E-state index < -0.39 is 0 Å². The van der Waals surface area contributed by atoms with Gasteiger partial charge in [0.2, 0.25) is 5.91 Å². The lowest BCUT2D eigenvalue weighted by Crippen LogP contribution is -3.12. The summed E-state index contributed by atoms with van der Waals surface area (Å²) in [6, 6.07) is 8.70. The lowest BCUT2D eigenvalue weighted by molar-refractivity contribution is -0.921. The SMILES string of the molecule is CSc1ccc(C[NH+]2CCC[C@@H](C(N)=O)C2)cc1. The number of rotatable bonds is 4. The van der Waals surface area contributed by atoms with Crippen molar-refractivity contribution >= 4 is 17.7 Å². The molecule has 3 N–H and O–H groups in total. The number of nitrogens with one attached hydrogen (secondary N) is 1. The Morgan fingerprint density at radius 3 is 2.78 bits per heavy atom. The van der Waals surface area contributed by atoms with Gasteiger partial charge < -0.3 is 10.6 Å². The molecule has 0 aromatic heterocycles. The molecule has 1 saturated heterocycles. The molecule has 0 bridgehead atoms. The van der Waals surface area contributed by atoms with Gasteiger partial charge in [-0.2, -0.15) is 0 Å². The second-order valence-electron chi connectivity index (χ2n) is 4.97. The molecule has 4 heteroatoms. The third-order valence-corrected chi connectivity index (χ3v) is 4.38. The number of primary amides is 1. The summed E-state index contributed by atoms with van der Waals surface area (Å²) >= 11 is 1.76. The van der Waals surface area contributed by atoms with Crippen molar-refractivity contribution in [2.75, 3.05) is 19.3 Å². The molecule has 98 valence electrons. The fraction of sp³-hybridized carbons (Fsp3) is 0.500. The van der Waals surface area contributed by atoms with Crippen molar-refractivity contribution in [1.29, 1.82) is 0 Å². The maximum absolute atomic E-state index is 11.2. The topological polar surface area (TPSA) is 47.5 Å². The first kappa shape index (κ1) is 13.4. The average Bonchev–Trinajstić information content (AvgIpc) is 2.40. The van der Waals surface area contributed by atoms with Crippen LogP contribution in [0.4, 0.5) is 0 Å². The Morgan fingerprint density at radius 1 is 1.44 bits per heavy atom. The van der Waals surface area contributed by atoms with Crippen LogP contribution in [0.5, 0.6) is 0 Å². The van der Waals surface area contributed by atoms with Crippen molar-refractivity contribution in [2.24, 2.45) is 11.7 Å². The second kappa shape index (κ2) is 6.25. The Morgan fingerprint density at radius 2 is 2.17 bits per heavy atom. The van der Waals surface area contributed by atoms with Crippen molar-refractivity contribution in [3.8, 4) is 0 Å². The molecule has 18 heavy (non-hydrogen) atoms. The van der Waals surface area contributed by atoms with Crippen LogP contribution in [0.2, 0.25) is 0 Å². The zero-order valence-electron chi connectivity index (χ0n) is 10.8. The molecule has 1 fully saturated rings. The Balaban J connectivity index is 1.93. The molecule has 3 nitrogen and oxygen atoms in total. The van der Waals surface area contributed by atoms with E-state index in [-0.39, 0.29) is 11.8 Å². The van der Waals surface area contributed by atoms with E-state index in [0.717, 1.165) is 32.5 Å². The molecule has 0 radical (unpaired) electrons. The molecule has 1 amide bonds. The predicted molar refractivity (Wildman–Crippen MR) is 74.5 cm³/mol. The lowest BCUT2D eigenvalue weighted by Gasteiger charge is -2.28. The van der Waals surface area contributed by atoms with Crippen LogP contribution < -0.4 is 10.6 Å². The van der Waals surface area contributed by atoms with Crippen LogP contribution in [0.1, 0.15) is 18.4 Å². The van der Waals surface area contributed by atoms with E-state index in [2.05, 4.69) is 30.5 Å². The van der Waals surface area contributed by atoms with Crippen LogP contribution in [-0.2, 0) is 11.3 Å². The van der Waals surface area contributed by atoms with Crippen LogP contribution in [0.25, 0.3) is 0 Å². The number of likely N-dealkylation sites (tertiary alicyclic amines) is 1. The van der Waals surface area contributed by atoms with Gasteiger partial charge >= 0.3 is 0 Å². The molecule has 1 unspecified atom stereocenters. The van der Waals surface area contributed by atoms with Gasteiger partial charge in [0.15, 0.2) is 0 Å². The molecular formula is C14H21N2OS+. The normalized spacial score (nSPS) is 23.8. The van der Waals surface area contributed by atoms with Gasteiger partial charge in [-0.3, -0.25) is 4.79 Å². The Bertz CT molecular complexity index is 405. The third kappa shape index (κ3) is 3.50. The lowest BCUT2D eigenvalue weighted by atomic mass is 9.97. The van der Waals surface area contributed by atoms with Gasteiger partial charge in [-0.1, -0.05) is 12.1 Å². The first-order valence-electron chi connectivity index (χ1n) is 6.45. The first-order chi connectivity index (χ1) is 8.69. The van der Waals surface area contributed by atoms with Crippen molar-refractivity contribution < 1.29 is 9.69 Å². The number of piperidine rings is 1. The van der Waals surface area contributed by atoms with E-state index in [1.54, 1.807) is 11.8 Å². The van der Waals surface area contributed by atoms with Gasteiger partial charge in [0.1, 0.15) is 6.54 Å². The number of amides is 1. The minimum absolute atomic E-state index is 0.0687. The highest BCUT2D eigenvalue weighted by Gasteiger charge is 2.26. The van der Waals surface area contributed by atoms with Gasteiger partial charge in [0.25, 0.3) is 0 Å². The van der Waals surface area contributed by atoms with E-state index in [9.17, 15) is 4.79 Å². The highest BCUT2D eigenvalue weighted by molar-refractivity contribution is 7.98. The van der Waals surface area contributed by atoms with Crippen molar-refractivity contribution in [2.45, 2.75) is 24.3 Å². The van der Waals surface area contributed by atoms with Gasteiger partial charge in [0.05, 0.1) is 19.0 Å². The zero-order valence-corrected chi connectivity index (χ0v) is 11.6. The molecule has 0 saturated carbocycles. The number of benzene rings is 1. The van der Waals surface area contributed by atoms with E-state index >= 15 is 0 Å². The second-order valence-corrected chi connectivity index (χ2v) is 5.85. The summed E-state index contributed by atoms with van der Waals surface area (Å²) in [5, 5.41) is 0. The molecule has 0 spiro atoms. The number of hydrogen-bond acceptors (Lipinski definition) is 2.